The predicted molar refractivity (Wildman–Crippen MR) is 71.9 cm³/mol. The number of aromatic nitrogens is 1. The van der Waals surface area contributed by atoms with E-state index < -0.39 is 0 Å². The van der Waals surface area contributed by atoms with Crippen molar-refractivity contribution in [1.82, 2.24) is 10.3 Å². The summed E-state index contributed by atoms with van der Waals surface area (Å²) in [6.45, 7) is 5.16. The van der Waals surface area contributed by atoms with Crippen molar-refractivity contribution in [2.24, 2.45) is 5.92 Å². The zero-order chi connectivity index (χ0) is 12.1. The van der Waals surface area contributed by atoms with E-state index in [1.807, 2.05) is 12.4 Å². The molecule has 1 aliphatic heterocycles. The Bertz CT molecular complexity index is 359. The van der Waals surface area contributed by atoms with Crippen molar-refractivity contribution in [3.05, 3.63) is 28.5 Å². The first-order chi connectivity index (χ1) is 8.31. The Kier molecular flexibility index (Phi) is 4.95. The van der Waals surface area contributed by atoms with Gasteiger partial charge >= 0.3 is 0 Å². The summed E-state index contributed by atoms with van der Waals surface area (Å²) in [7, 11) is 0. The monoisotopic (exact) mass is 298 g/mol. The van der Waals surface area contributed by atoms with Gasteiger partial charge in [-0.3, -0.25) is 4.98 Å². The average Bonchev–Trinajstić information content (AvgIpc) is 2.78. The summed E-state index contributed by atoms with van der Waals surface area (Å²) in [6, 6.07) is 2.11. The second-order valence-corrected chi connectivity index (χ2v) is 5.40. The fourth-order valence-electron chi connectivity index (χ4n) is 2.26. The molecule has 1 fully saturated rings. The number of hydrogen-bond acceptors (Lipinski definition) is 3. The molecule has 2 heterocycles. The molecule has 0 spiro atoms. The van der Waals surface area contributed by atoms with Gasteiger partial charge in [0.05, 0.1) is 6.10 Å². The molecule has 2 atom stereocenters. The highest BCUT2D eigenvalue weighted by molar-refractivity contribution is 9.10. The van der Waals surface area contributed by atoms with E-state index >= 15 is 0 Å². The summed E-state index contributed by atoms with van der Waals surface area (Å²) in [5, 5.41) is 3.48. The summed E-state index contributed by atoms with van der Waals surface area (Å²) >= 11 is 3.46. The molecule has 1 N–H and O–H groups in total. The molecule has 17 heavy (non-hydrogen) atoms. The van der Waals surface area contributed by atoms with Crippen molar-refractivity contribution in [3.63, 3.8) is 0 Å². The number of pyridine rings is 1. The molecule has 0 aliphatic carbocycles. The Morgan fingerprint density at radius 3 is 3.18 bits per heavy atom. The third kappa shape index (κ3) is 3.50. The van der Waals surface area contributed by atoms with Gasteiger partial charge in [-0.1, -0.05) is 6.92 Å². The number of nitrogens with zero attached hydrogens (tertiary/aromatic N) is 1. The van der Waals surface area contributed by atoms with Gasteiger partial charge in [-0.2, -0.15) is 0 Å². The molecule has 0 bridgehead atoms. The zero-order valence-electron chi connectivity index (χ0n) is 10.2. The summed E-state index contributed by atoms with van der Waals surface area (Å²) in [6.07, 6.45) is 6.23. The molecule has 1 saturated heterocycles. The fourth-order valence-corrected chi connectivity index (χ4v) is 2.64. The van der Waals surface area contributed by atoms with Gasteiger partial charge in [-0.25, -0.2) is 0 Å². The van der Waals surface area contributed by atoms with Gasteiger partial charge in [-0.05, 0) is 41.4 Å². The molecule has 2 unspecified atom stereocenters. The van der Waals surface area contributed by atoms with Crippen molar-refractivity contribution < 1.29 is 4.74 Å². The minimum absolute atomic E-state index is 0.198. The van der Waals surface area contributed by atoms with Crippen LogP contribution in [0.15, 0.2) is 22.9 Å². The van der Waals surface area contributed by atoms with E-state index in [4.69, 9.17) is 4.74 Å². The van der Waals surface area contributed by atoms with E-state index in [2.05, 4.69) is 39.2 Å². The Balaban J connectivity index is 1.99. The maximum Gasteiger partial charge on any atom is 0.0881 e. The van der Waals surface area contributed by atoms with E-state index in [1.54, 1.807) is 0 Å². The largest absolute Gasteiger partial charge is 0.373 e. The fraction of sp³-hybridized carbons (Fsp3) is 0.615. The van der Waals surface area contributed by atoms with Crippen LogP contribution in [0.2, 0.25) is 0 Å². The quantitative estimate of drug-likeness (QED) is 0.849. The standard InChI is InChI=1S/C13H19BrN2O/c1-2-4-15-7-10-3-5-17-13(10)11-6-12(14)9-16-8-11/h6,8-10,13,15H,2-5,7H2,1H3. The van der Waals surface area contributed by atoms with Crippen LogP contribution >= 0.6 is 15.9 Å². The molecule has 1 aliphatic rings. The normalized spacial score (nSPS) is 24.1. The molecular weight excluding hydrogens is 280 g/mol. The molecule has 4 heteroatoms. The van der Waals surface area contributed by atoms with Crippen LogP contribution in [0.3, 0.4) is 0 Å². The molecular formula is C13H19BrN2O. The van der Waals surface area contributed by atoms with E-state index in [0.29, 0.717) is 5.92 Å². The molecule has 3 nitrogen and oxygen atoms in total. The molecule has 94 valence electrons. The molecule has 0 aromatic carbocycles. The van der Waals surface area contributed by atoms with Crippen molar-refractivity contribution >= 4 is 15.9 Å². The van der Waals surface area contributed by atoms with Gasteiger partial charge in [0.2, 0.25) is 0 Å². The lowest BCUT2D eigenvalue weighted by Crippen LogP contribution is -2.25. The number of nitrogens with one attached hydrogen (secondary N) is 1. The van der Waals surface area contributed by atoms with Crippen molar-refractivity contribution in [2.75, 3.05) is 19.7 Å². The van der Waals surface area contributed by atoms with Gasteiger partial charge < -0.3 is 10.1 Å². The second-order valence-electron chi connectivity index (χ2n) is 4.48. The van der Waals surface area contributed by atoms with Gasteiger partial charge in [0.25, 0.3) is 0 Å². The van der Waals surface area contributed by atoms with Crippen molar-refractivity contribution in [1.29, 1.82) is 0 Å². The van der Waals surface area contributed by atoms with Crippen LogP contribution in [0.4, 0.5) is 0 Å². The van der Waals surface area contributed by atoms with E-state index in [0.717, 1.165) is 30.6 Å². The highest BCUT2D eigenvalue weighted by Gasteiger charge is 2.29. The molecule has 0 saturated carbocycles. The van der Waals surface area contributed by atoms with Gasteiger partial charge in [0, 0.05) is 41.5 Å². The van der Waals surface area contributed by atoms with E-state index in [1.165, 1.54) is 12.0 Å². The van der Waals surface area contributed by atoms with Crippen LogP contribution in [-0.4, -0.2) is 24.7 Å². The SMILES string of the molecule is CCCNCC1CCOC1c1cncc(Br)c1. The Labute approximate surface area is 111 Å². The average molecular weight is 299 g/mol. The first kappa shape index (κ1) is 13.0. The molecule has 0 radical (unpaired) electrons. The van der Waals surface area contributed by atoms with E-state index in [-0.39, 0.29) is 6.10 Å². The number of ether oxygens (including phenoxy) is 1. The number of rotatable bonds is 5. The van der Waals surface area contributed by atoms with Crippen LogP contribution in [0.25, 0.3) is 0 Å². The van der Waals surface area contributed by atoms with Crippen LogP contribution < -0.4 is 5.32 Å². The van der Waals surface area contributed by atoms with Crippen LogP contribution in [0.5, 0.6) is 0 Å². The van der Waals surface area contributed by atoms with Gasteiger partial charge in [-0.15, -0.1) is 0 Å². The summed E-state index contributed by atoms with van der Waals surface area (Å²) < 4.78 is 6.86. The Hall–Kier alpha value is -0.450. The van der Waals surface area contributed by atoms with Crippen LogP contribution in [0, 0.1) is 5.92 Å². The van der Waals surface area contributed by atoms with Crippen LogP contribution in [0.1, 0.15) is 31.4 Å². The maximum absolute atomic E-state index is 5.84. The van der Waals surface area contributed by atoms with Crippen LogP contribution in [-0.2, 0) is 4.74 Å². The lowest BCUT2D eigenvalue weighted by Gasteiger charge is -2.19. The highest BCUT2D eigenvalue weighted by atomic mass is 79.9. The first-order valence-corrected chi connectivity index (χ1v) is 7.03. The van der Waals surface area contributed by atoms with Gasteiger partial charge in [0.1, 0.15) is 0 Å². The van der Waals surface area contributed by atoms with Gasteiger partial charge in [0.15, 0.2) is 0 Å². The first-order valence-electron chi connectivity index (χ1n) is 6.24. The van der Waals surface area contributed by atoms with Crippen molar-refractivity contribution in [2.45, 2.75) is 25.9 Å². The Morgan fingerprint density at radius 2 is 2.41 bits per heavy atom. The predicted octanol–water partition coefficient (Wildman–Crippen LogP) is 2.92. The third-order valence-electron chi connectivity index (χ3n) is 3.10. The number of hydrogen-bond donors (Lipinski definition) is 1. The maximum atomic E-state index is 5.84. The minimum atomic E-state index is 0.198. The zero-order valence-corrected chi connectivity index (χ0v) is 11.7. The molecule has 0 amide bonds. The molecule has 1 aromatic rings. The van der Waals surface area contributed by atoms with E-state index in [9.17, 15) is 0 Å². The Morgan fingerprint density at radius 1 is 1.53 bits per heavy atom. The number of halogens is 1. The second kappa shape index (κ2) is 6.47. The topological polar surface area (TPSA) is 34.1 Å². The van der Waals surface area contributed by atoms with Crippen molar-refractivity contribution in [3.8, 4) is 0 Å². The minimum Gasteiger partial charge on any atom is -0.373 e. The highest BCUT2D eigenvalue weighted by Crippen LogP contribution is 2.34. The third-order valence-corrected chi connectivity index (χ3v) is 3.54. The lowest BCUT2D eigenvalue weighted by molar-refractivity contribution is 0.0902. The smallest absolute Gasteiger partial charge is 0.0881 e. The summed E-state index contributed by atoms with van der Waals surface area (Å²) in [5.74, 6) is 0.567. The lowest BCUT2D eigenvalue weighted by atomic mass is 9.96. The molecule has 2 rings (SSSR count). The summed E-state index contributed by atoms with van der Waals surface area (Å²) in [4.78, 5) is 4.21. The molecule has 1 aromatic heterocycles. The summed E-state index contributed by atoms with van der Waals surface area (Å²) in [5.41, 5.74) is 1.18.